The van der Waals surface area contributed by atoms with Crippen LogP contribution in [0.3, 0.4) is 0 Å². The Hall–Kier alpha value is -6.01. The first kappa shape index (κ1) is 24.8. The first-order chi connectivity index (χ1) is 21.3. The minimum absolute atomic E-state index is 0.632. The Morgan fingerprint density at radius 1 is 0.419 bits per heavy atom. The predicted molar refractivity (Wildman–Crippen MR) is 172 cm³/mol. The monoisotopic (exact) mass is 552 g/mol. The summed E-state index contributed by atoms with van der Waals surface area (Å²) in [4.78, 5) is 27.2. The molecule has 8 aromatic rings. The topological polar surface area (TPSA) is 80.2 Å². The Morgan fingerprint density at radius 2 is 0.953 bits per heavy atom. The molecule has 4 heterocycles. The number of nitrogens with zero attached hydrogens (tertiary/aromatic N) is 5. The molecule has 202 valence electrons. The zero-order valence-electron chi connectivity index (χ0n) is 23.0. The maximum absolute atomic E-state index is 4.92. The highest BCUT2D eigenvalue weighted by molar-refractivity contribution is 6.09. The molecule has 0 aliphatic carbocycles. The van der Waals surface area contributed by atoms with E-state index in [2.05, 4.69) is 58.5 Å². The fourth-order valence-electron chi connectivity index (χ4n) is 5.40. The smallest absolute Gasteiger partial charge is 0.164 e. The summed E-state index contributed by atoms with van der Waals surface area (Å²) in [7, 11) is 0. The summed E-state index contributed by atoms with van der Waals surface area (Å²) in [5, 5.41) is 2.22. The fraction of sp³-hybridized carbons (Fsp3) is 0. The molecular weight excluding hydrogens is 528 g/mol. The molecule has 0 fully saturated rings. The molecule has 0 bridgehead atoms. The molecule has 0 aliphatic rings. The number of nitrogens with one attached hydrogen (secondary N) is 1. The molecule has 4 aromatic heterocycles. The third kappa shape index (κ3) is 4.71. The van der Waals surface area contributed by atoms with Gasteiger partial charge in [-0.3, -0.25) is 9.97 Å². The molecule has 8 rings (SSSR count). The van der Waals surface area contributed by atoms with E-state index in [1.54, 1.807) is 6.20 Å². The van der Waals surface area contributed by atoms with Crippen molar-refractivity contribution < 1.29 is 0 Å². The standard InChI is InChI=1S/C37H24N6/c1-3-8-24(9-4-1)35-41-36(25-10-5-2-6-11-25)43-37(42-35)27-14-18-34-31(21-27)30-20-26(13-17-33(30)40-34)32-16-15-29(23-39-32)28-12-7-19-38-22-28/h1-23,40H. The third-order valence-corrected chi connectivity index (χ3v) is 7.61. The molecular formula is C37H24N6. The van der Waals surface area contributed by atoms with Gasteiger partial charge in [-0.25, -0.2) is 15.0 Å². The first-order valence-electron chi connectivity index (χ1n) is 14.1. The van der Waals surface area contributed by atoms with Crippen molar-refractivity contribution in [2.75, 3.05) is 0 Å². The number of hydrogen-bond acceptors (Lipinski definition) is 5. The van der Waals surface area contributed by atoms with Crippen LogP contribution in [0.25, 0.3) is 78.4 Å². The van der Waals surface area contributed by atoms with Crippen molar-refractivity contribution in [3.8, 4) is 56.5 Å². The fourth-order valence-corrected chi connectivity index (χ4v) is 5.40. The summed E-state index contributed by atoms with van der Waals surface area (Å²) in [6, 6.07) is 40.9. The summed E-state index contributed by atoms with van der Waals surface area (Å²) < 4.78 is 0. The van der Waals surface area contributed by atoms with Crippen LogP contribution >= 0.6 is 0 Å². The second-order valence-corrected chi connectivity index (χ2v) is 10.4. The number of benzene rings is 4. The Bertz CT molecular complexity index is 2150. The lowest BCUT2D eigenvalue weighted by Crippen LogP contribution is -2.00. The number of fused-ring (bicyclic) bond motifs is 3. The van der Waals surface area contributed by atoms with Crippen LogP contribution in [0, 0.1) is 0 Å². The van der Waals surface area contributed by atoms with Crippen molar-refractivity contribution in [2.24, 2.45) is 0 Å². The Balaban J connectivity index is 1.23. The van der Waals surface area contributed by atoms with Crippen molar-refractivity contribution in [2.45, 2.75) is 0 Å². The van der Waals surface area contributed by atoms with E-state index in [4.69, 9.17) is 19.9 Å². The molecule has 0 saturated heterocycles. The molecule has 6 heteroatoms. The average molecular weight is 553 g/mol. The summed E-state index contributed by atoms with van der Waals surface area (Å²) >= 11 is 0. The van der Waals surface area contributed by atoms with Crippen molar-refractivity contribution in [1.29, 1.82) is 0 Å². The second-order valence-electron chi connectivity index (χ2n) is 10.4. The van der Waals surface area contributed by atoms with Crippen LogP contribution in [-0.2, 0) is 0 Å². The van der Waals surface area contributed by atoms with Crippen LogP contribution in [0.2, 0.25) is 0 Å². The molecule has 0 radical (unpaired) electrons. The van der Waals surface area contributed by atoms with E-state index in [1.165, 1.54) is 0 Å². The van der Waals surface area contributed by atoms with Gasteiger partial charge in [-0.15, -0.1) is 0 Å². The molecule has 0 unspecified atom stereocenters. The Kier molecular flexibility index (Phi) is 6.01. The maximum Gasteiger partial charge on any atom is 0.164 e. The summed E-state index contributed by atoms with van der Waals surface area (Å²) in [6.45, 7) is 0. The molecule has 0 aliphatic heterocycles. The zero-order valence-corrected chi connectivity index (χ0v) is 23.0. The number of rotatable bonds is 5. The Labute approximate surface area is 247 Å². The lowest BCUT2D eigenvalue weighted by molar-refractivity contribution is 1.07. The lowest BCUT2D eigenvalue weighted by atomic mass is 10.0. The van der Waals surface area contributed by atoms with Crippen molar-refractivity contribution >= 4 is 21.8 Å². The predicted octanol–water partition coefficient (Wildman–Crippen LogP) is 8.63. The Morgan fingerprint density at radius 3 is 1.53 bits per heavy atom. The first-order valence-corrected chi connectivity index (χ1v) is 14.1. The summed E-state index contributed by atoms with van der Waals surface area (Å²) in [5.74, 6) is 1.92. The molecule has 0 amide bonds. The number of H-pyrrole nitrogens is 1. The number of aromatic nitrogens is 6. The maximum atomic E-state index is 4.92. The molecule has 0 saturated carbocycles. The molecule has 0 spiro atoms. The minimum Gasteiger partial charge on any atom is -0.355 e. The molecule has 6 nitrogen and oxygen atoms in total. The van der Waals surface area contributed by atoms with Gasteiger partial charge in [-0.2, -0.15) is 0 Å². The van der Waals surface area contributed by atoms with Crippen molar-refractivity contribution in [1.82, 2.24) is 29.9 Å². The SMILES string of the molecule is c1ccc(-c2nc(-c3ccccc3)nc(-c3ccc4[nH]c5ccc(-c6ccc(-c7cccnc7)cn6)cc5c4c3)n2)cc1. The van der Waals surface area contributed by atoms with Crippen LogP contribution in [0.4, 0.5) is 0 Å². The summed E-state index contributed by atoms with van der Waals surface area (Å²) in [5.41, 5.74) is 8.99. The highest BCUT2D eigenvalue weighted by Gasteiger charge is 2.14. The van der Waals surface area contributed by atoms with Gasteiger partial charge >= 0.3 is 0 Å². The van der Waals surface area contributed by atoms with Gasteiger partial charge in [-0.1, -0.05) is 78.9 Å². The number of pyridine rings is 2. The largest absolute Gasteiger partial charge is 0.355 e. The van der Waals surface area contributed by atoms with Gasteiger partial charge < -0.3 is 4.98 Å². The van der Waals surface area contributed by atoms with Gasteiger partial charge in [0.1, 0.15) is 0 Å². The highest BCUT2D eigenvalue weighted by Crippen LogP contribution is 2.33. The number of hydrogen-bond donors (Lipinski definition) is 1. The minimum atomic E-state index is 0.632. The molecule has 1 N–H and O–H groups in total. The van der Waals surface area contributed by atoms with E-state index in [-0.39, 0.29) is 0 Å². The molecule has 0 atom stereocenters. The van der Waals surface area contributed by atoms with Crippen molar-refractivity contribution in [3.05, 3.63) is 140 Å². The van der Waals surface area contributed by atoms with Crippen molar-refractivity contribution in [3.63, 3.8) is 0 Å². The average Bonchev–Trinajstić information content (AvgIpc) is 3.46. The van der Waals surface area contributed by atoms with Crippen LogP contribution in [-0.4, -0.2) is 29.9 Å². The van der Waals surface area contributed by atoms with Gasteiger partial charge in [0.05, 0.1) is 5.69 Å². The van der Waals surface area contributed by atoms with E-state index in [0.29, 0.717) is 17.5 Å². The van der Waals surface area contributed by atoms with Gasteiger partial charge in [-0.05, 0) is 42.5 Å². The van der Waals surface area contributed by atoms with E-state index in [9.17, 15) is 0 Å². The third-order valence-electron chi connectivity index (χ3n) is 7.61. The van der Waals surface area contributed by atoms with Crippen LogP contribution in [0.15, 0.2) is 140 Å². The van der Waals surface area contributed by atoms with Gasteiger partial charge in [0, 0.05) is 73.8 Å². The lowest BCUT2D eigenvalue weighted by Gasteiger charge is -2.08. The van der Waals surface area contributed by atoms with E-state index in [0.717, 1.165) is 60.9 Å². The normalized spacial score (nSPS) is 11.3. The second kappa shape index (κ2) is 10.4. The highest BCUT2D eigenvalue weighted by atomic mass is 15.0. The van der Waals surface area contributed by atoms with E-state index < -0.39 is 0 Å². The quantitative estimate of drug-likeness (QED) is 0.231. The van der Waals surface area contributed by atoms with E-state index in [1.807, 2.05) is 85.2 Å². The number of aromatic amines is 1. The zero-order chi connectivity index (χ0) is 28.6. The van der Waals surface area contributed by atoms with Crippen LogP contribution in [0.1, 0.15) is 0 Å². The van der Waals surface area contributed by atoms with Gasteiger partial charge in [0.2, 0.25) is 0 Å². The molecule has 4 aromatic carbocycles. The van der Waals surface area contributed by atoms with Crippen LogP contribution in [0.5, 0.6) is 0 Å². The van der Waals surface area contributed by atoms with Gasteiger partial charge in [0.15, 0.2) is 17.5 Å². The molecule has 43 heavy (non-hydrogen) atoms. The summed E-state index contributed by atoms with van der Waals surface area (Å²) in [6.07, 6.45) is 5.53. The van der Waals surface area contributed by atoms with Crippen LogP contribution < -0.4 is 0 Å². The van der Waals surface area contributed by atoms with Gasteiger partial charge in [0.25, 0.3) is 0 Å². The van der Waals surface area contributed by atoms with E-state index >= 15 is 0 Å².